The van der Waals surface area contributed by atoms with Crippen LogP contribution in [0.3, 0.4) is 0 Å². The molecule has 2 nitrogen and oxygen atoms in total. The average molecular weight is 601 g/mol. The molecule has 0 rings (SSSR count). The SMILES string of the molecule is C/C=C/C(C)C.C=C(C)C(C)C.C=CC(C)C.CC(C)/C=C/CN(C)C.CC(C)=CC(C)C.CCC/C=C(\C#N)C(C)C. The monoisotopic (exact) mass is 601 g/mol. The van der Waals surface area contributed by atoms with Gasteiger partial charge in [-0.3, -0.25) is 0 Å². The fourth-order valence-corrected chi connectivity index (χ4v) is 2.31. The lowest BCUT2D eigenvalue weighted by Crippen LogP contribution is -2.10. The standard InChI is InChI=1S/C9H15N.C8H17N.C7H14.2C6H12.C5H10/c1-4-5-6-9(7-10)8(2)3;1-8(2)6-5-7-9(3)4;1-6(2)5-7(3)4;1-5(2)6(3)4;1-4-5-6(2)3;1-4-5(2)3/h6,8H,4-5H2,1-3H3;5-6,8H,7H2,1-4H3;5-6H,1-4H3;6H,1H2,2-4H3;4-6H,1-3H3;4-5H,1H2,2-3H3/b9-6+;6-5+;;;5-4+;. The molecule has 0 aliphatic carbocycles. The van der Waals surface area contributed by atoms with Crippen molar-refractivity contribution in [2.24, 2.45) is 35.5 Å². The van der Waals surface area contributed by atoms with E-state index < -0.39 is 0 Å². The molecule has 0 radical (unpaired) electrons. The Bertz CT molecular complexity index is 741. The lowest BCUT2D eigenvalue weighted by molar-refractivity contribution is 0.455. The zero-order valence-corrected chi connectivity index (χ0v) is 32.9. The van der Waals surface area contributed by atoms with Gasteiger partial charge in [-0.2, -0.15) is 5.26 Å². The Balaban J connectivity index is -0.0000000971. The zero-order valence-electron chi connectivity index (χ0n) is 32.9. The summed E-state index contributed by atoms with van der Waals surface area (Å²) in [5, 5.41) is 8.60. The van der Waals surface area contributed by atoms with Gasteiger partial charge in [0.15, 0.2) is 0 Å². The number of rotatable bonds is 10. The van der Waals surface area contributed by atoms with Gasteiger partial charge in [0.2, 0.25) is 0 Å². The topological polar surface area (TPSA) is 27.0 Å². The van der Waals surface area contributed by atoms with Crippen LogP contribution in [0.2, 0.25) is 0 Å². The van der Waals surface area contributed by atoms with Crippen LogP contribution in [-0.2, 0) is 0 Å². The number of hydrogen-bond donors (Lipinski definition) is 0. The third-order valence-corrected chi connectivity index (χ3v) is 5.10. The highest BCUT2D eigenvalue weighted by Gasteiger charge is 1.98. The first-order valence-electron chi connectivity index (χ1n) is 16.6. The molecule has 0 bridgehead atoms. The van der Waals surface area contributed by atoms with Crippen molar-refractivity contribution in [3.05, 3.63) is 72.4 Å². The maximum atomic E-state index is 8.60. The van der Waals surface area contributed by atoms with Crippen molar-refractivity contribution in [2.75, 3.05) is 20.6 Å². The van der Waals surface area contributed by atoms with Gasteiger partial charge in [0.25, 0.3) is 0 Å². The van der Waals surface area contributed by atoms with Crippen LogP contribution in [0.25, 0.3) is 0 Å². The van der Waals surface area contributed by atoms with E-state index >= 15 is 0 Å². The summed E-state index contributed by atoms with van der Waals surface area (Å²) in [4.78, 5) is 2.15. The van der Waals surface area contributed by atoms with Crippen molar-refractivity contribution >= 4 is 0 Å². The van der Waals surface area contributed by atoms with E-state index in [0.717, 1.165) is 30.9 Å². The molecule has 0 atom stereocenters. The zero-order chi connectivity index (χ0) is 35.6. The highest BCUT2D eigenvalue weighted by molar-refractivity contribution is 5.22. The van der Waals surface area contributed by atoms with Crippen molar-refractivity contribution in [3.8, 4) is 6.07 Å². The van der Waals surface area contributed by atoms with Crippen LogP contribution >= 0.6 is 0 Å². The van der Waals surface area contributed by atoms with Crippen LogP contribution in [0, 0.1) is 46.8 Å². The van der Waals surface area contributed by atoms with Crippen LogP contribution in [0.15, 0.2) is 72.4 Å². The number of unbranched alkanes of at least 4 members (excludes halogenated alkanes) is 1. The summed E-state index contributed by atoms with van der Waals surface area (Å²) in [5.74, 6) is 3.81. The molecule has 0 aliphatic rings. The molecule has 0 aromatic heterocycles. The van der Waals surface area contributed by atoms with Gasteiger partial charge < -0.3 is 4.90 Å². The van der Waals surface area contributed by atoms with E-state index in [1.165, 1.54) is 11.1 Å². The smallest absolute Gasteiger partial charge is 0.0946 e. The van der Waals surface area contributed by atoms with Gasteiger partial charge in [-0.15, -0.1) is 6.58 Å². The number of nitrogens with zero attached hydrogens (tertiary/aromatic N) is 2. The number of nitriles is 1. The Morgan fingerprint density at radius 2 is 1.19 bits per heavy atom. The Hall–Kier alpha value is -2.11. The molecular weight excluding hydrogens is 520 g/mol. The third kappa shape index (κ3) is 79.2. The summed E-state index contributed by atoms with van der Waals surface area (Å²) in [5.41, 5.74) is 3.59. The summed E-state index contributed by atoms with van der Waals surface area (Å²) < 4.78 is 0. The lowest BCUT2D eigenvalue weighted by Gasteiger charge is -2.03. The molecule has 0 saturated carbocycles. The summed E-state index contributed by atoms with van der Waals surface area (Å²) >= 11 is 0. The Morgan fingerprint density at radius 3 is 1.33 bits per heavy atom. The lowest BCUT2D eigenvalue weighted by atomic mass is 10.0. The molecule has 0 N–H and O–H groups in total. The molecule has 0 fully saturated rings. The second-order valence-electron chi connectivity index (χ2n) is 13.4. The quantitative estimate of drug-likeness (QED) is 0.184. The van der Waals surface area contributed by atoms with E-state index in [9.17, 15) is 0 Å². The largest absolute Gasteiger partial charge is 0.306 e. The molecular formula is C41H80N2. The molecule has 0 aromatic carbocycles. The van der Waals surface area contributed by atoms with Crippen molar-refractivity contribution in [1.82, 2.24) is 4.90 Å². The molecule has 0 amide bonds. The summed E-state index contributed by atoms with van der Waals surface area (Å²) in [6.45, 7) is 44.5. The predicted octanol–water partition coefficient (Wildman–Crippen LogP) is 13.5. The van der Waals surface area contributed by atoms with E-state index in [0.29, 0.717) is 29.6 Å². The van der Waals surface area contributed by atoms with Crippen LogP contribution in [-0.4, -0.2) is 25.5 Å². The molecule has 254 valence electrons. The molecule has 43 heavy (non-hydrogen) atoms. The maximum absolute atomic E-state index is 8.60. The Kier molecular flexibility index (Phi) is 49.6. The van der Waals surface area contributed by atoms with Crippen LogP contribution in [0.5, 0.6) is 0 Å². The molecule has 0 aromatic rings. The van der Waals surface area contributed by atoms with Gasteiger partial charge in [-0.1, -0.05) is 157 Å². The second-order valence-corrected chi connectivity index (χ2v) is 13.4. The van der Waals surface area contributed by atoms with Crippen molar-refractivity contribution in [2.45, 2.75) is 131 Å². The number of hydrogen-bond acceptors (Lipinski definition) is 2. The van der Waals surface area contributed by atoms with Gasteiger partial charge in [-0.25, -0.2) is 0 Å². The number of likely N-dealkylation sites (N-methyl/N-ethyl adjacent to an activating group) is 1. The van der Waals surface area contributed by atoms with Crippen LogP contribution in [0.1, 0.15) is 131 Å². The predicted molar refractivity (Wildman–Crippen MR) is 205 cm³/mol. The normalized spacial score (nSPS) is 10.7. The second kappa shape index (κ2) is 39.9. The van der Waals surface area contributed by atoms with E-state index in [1.54, 1.807) is 0 Å². The Labute approximate surface area is 274 Å². The van der Waals surface area contributed by atoms with Gasteiger partial charge in [0.05, 0.1) is 6.07 Å². The van der Waals surface area contributed by atoms with E-state index in [1.807, 2.05) is 39.8 Å². The van der Waals surface area contributed by atoms with E-state index in [4.69, 9.17) is 5.26 Å². The van der Waals surface area contributed by atoms with Gasteiger partial charge >= 0.3 is 0 Å². The molecule has 0 heterocycles. The minimum Gasteiger partial charge on any atom is -0.306 e. The molecule has 2 heteroatoms. The van der Waals surface area contributed by atoms with Gasteiger partial charge in [0.1, 0.15) is 0 Å². The first-order valence-corrected chi connectivity index (χ1v) is 16.6. The van der Waals surface area contributed by atoms with Gasteiger partial charge in [-0.05, 0) is 83.7 Å². The summed E-state index contributed by atoms with van der Waals surface area (Å²) in [6.07, 6.45) is 17.0. The highest BCUT2D eigenvalue weighted by Crippen LogP contribution is 2.09. The van der Waals surface area contributed by atoms with Crippen LogP contribution < -0.4 is 0 Å². The molecule has 0 spiro atoms. The van der Waals surface area contributed by atoms with Gasteiger partial charge in [0, 0.05) is 12.1 Å². The van der Waals surface area contributed by atoms with Crippen molar-refractivity contribution < 1.29 is 0 Å². The first kappa shape index (κ1) is 53.4. The minimum atomic E-state index is 0.386. The van der Waals surface area contributed by atoms with Crippen molar-refractivity contribution in [3.63, 3.8) is 0 Å². The highest BCUT2D eigenvalue weighted by atomic mass is 15.0. The van der Waals surface area contributed by atoms with Crippen molar-refractivity contribution in [1.29, 1.82) is 5.26 Å². The minimum absolute atomic E-state index is 0.386. The third-order valence-electron chi connectivity index (χ3n) is 5.10. The number of allylic oxidation sites excluding steroid dienone is 9. The fraction of sp³-hybridized carbons (Fsp3) is 0.683. The summed E-state index contributed by atoms with van der Waals surface area (Å²) in [6, 6.07) is 2.20. The van der Waals surface area contributed by atoms with Crippen LogP contribution in [0.4, 0.5) is 0 Å². The summed E-state index contributed by atoms with van der Waals surface area (Å²) in [7, 11) is 4.15. The van der Waals surface area contributed by atoms with E-state index in [-0.39, 0.29) is 0 Å². The molecule has 0 saturated heterocycles. The Morgan fingerprint density at radius 1 is 0.767 bits per heavy atom. The molecule has 0 aliphatic heterocycles. The fourth-order valence-electron chi connectivity index (χ4n) is 2.31. The average Bonchev–Trinajstić information content (AvgIpc) is 2.84. The first-order chi connectivity index (χ1) is 19.7. The van der Waals surface area contributed by atoms with E-state index in [2.05, 4.69) is 159 Å². The molecule has 0 unspecified atom stereocenters. The maximum Gasteiger partial charge on any atom is 0.0946 e.